The summed E-state index contributed by atoms with van der Waals surface area (Å²) in [4.78, 5) is 3.94. The standard InChI is InChI=1S/C14H13Cl2NO/c1-10-2-3-14(12(6-10)7-15)18-9-11-4-5-17-8-13(11)16/h2-6,8H,7,9H2,1H3. The Morgan fingerprint density at radius 1 is 1.22 bits per heavy atom. The van der Waals surface area contributed by atoms with Crippen molar-refractivity contribution in [2.45, 2.75) is 19.4 Å². The maximum absolute atomic E-state index is 6.02. The van der Waals surface area contributed by atoms with Gasteiger partial charge in [0.1, 0.15) is 12.4 Å². The molecule has 2 nitrogen and oxygen atoms in total. The fraction of sp³-hybridized carbons (Fsp3) is 0.214. The van der Waals surface area contributed by atoms with E-state index >= 15 is 0 Å². The highest BCUT2D eigenvalue weighted by molar-refractivity contribution is 6.31. The van der Waals surface area contributed by atoms with E-state index in [1.54, 1.807) is 12.4 Å². The zero-order valence-electron chi connectivity index (χ0n) is 9.99. The molecule has 0 spiro atoms. The van der Waals surface area contributed by atoms with Gasteiger partial charge in [0.2, 0.25) is 0 Å². The molecule has 0 aliphatic rings. The van der Waals surface area contributed by atoms with E-state index < -0.39 is 0 Å². The number of alkyl halides is 1. The summed E-state index contributed by atoms with van der Waals surface area (Å²) in [5.41, 5.74) is 3.06. The van der Waals surface area contributed by atoms with Crippen LogP contribution in [0.3, 0.4) is 0 Å². The van der Waals surface area contributed by atoms with Crippen molar-refractivity contribution in [1.29, 1.82) is 0 Å². The van der Waals surface area contributed by atoms with E-state index in [1.165, 1.54) is 5.56 Å². The fourth-order valence-electron chi connectivity index (χ4n) is 1.63. The quantitative estimate of drug-likeness (QED) is 0.777. The molecule has 0 saturated heterocycles. The van der Waals surface area contributed by atoms with E-state index in [4.69, 9.17) is 27.9 Å². The molecule has 0 aliphatic carbocycles. The Hall–Kier alpha value is -1.25. The number of halogens is 2. The number of rotatable bonds is 4. The van der Waals surface area contributed by atoms with Gasteiger partial charge >= 0.3 is 0 Å². The van der Waals surface area contributed by atoms with Crippen molar-refractivity contribution in [1.82, 2.24) is 4.98 Å². The Morgan fingerprint density at radius 2 is 2.06 bits per heavy atom. The number of ether oxygens (including phenoxy) is 1. The van der Waals surface area contributed by atoms with Crippen LogP contribution in [-0.2, 0) is 12.5 Å². The van der Waals surface area contributed by atoms with Gasteiger partial charge in [-0.1, -0.05) is 29.3 Å². The molecule has 94 valence electrons. The topological polar surface area (TPSA) is 22.1 Å². The fourth-order valence-corrected chi connectivity index (χ4v) is 2.01. The monoisotopic (exact) mass is 281 g/mol. The molecule has 0 fully saturated rings. The lowest BCUT2D eigenvalue weighted by atomic mass is 10.1. The van der Waals surface area contributed by atoms with E-state index in [-0.39, 0.29) is 0 Å². The van der Waals surface area contributed by atoms with Gasteiger partial charge in [-0.15, -0.1) is 11.6 Å². The van der Waals surface area contributed by atoms with Gasteiger partial charge in [-0.3, -0.25) is 4.98 Å². The molecule has 0 radical (unpaired) electrons. The molecule has 0 bridgehead atoms. The number of aromatic nitrogens is 1. The van der Waals surface area contributed by atoms with Crippen LogP contribution < -0.4 is 4.74 Å². The van der Waals surface area contributed by atoms with Gasteiger partial charge in [-0.05, 0) is 19.1 Å². The van der Waals surface area contributed by atoms with Crippen LogP contribution in [0.15, 0.2) is 36.7 Å². The van der Waals surface area contributed by atoms with Gasteiger partial charge in [0, 0.05) is 23.5 Å². The molecule has 0 saturated carbocycles. The van der Waals surface area contributed by atoms with Gasteiger partial charge in [0.25, 0.3) is 0 Å². The van der Waals surface area contributed by atoms with E-state index in [0.717, 1.165) is 16.9 Å². The van der Waals surface area contributed by atoms with E-state index in [2.05, 4.69) is 4.98 Å². The van der Waals surface area contributed by atoms with Gasteiger partial charge in [0.05, 0.1) is 10.9 Å². The van der Waals surface area contributed by atoms with Crippen LogP contribution in [-0.4, -0.2) is 4.98 Å². The highest BCUT2D eigenvalue weighted by atomic mass is 35.5. The summed E-state index contributed by atoms with van der Waals surface area (Å²) in [6.45, 7) is 2.44. The first-order valence-corrected chi connectivity index (χ1v) is 6.48. The van der Waals surface area contributed by atoms with E-state index in [1.807, 2.05) is 31.2 Å². The number of hydrogen-bond acceptors (Lipinski definition) is 2. The lowest BCUT2D eigenvalue weighted by molar-refractivity contribution is 0.303. The maximum atomic E-state index is 6.02. The summed E-state index contributed by atoms with van der Waals surface area (Å²) in [5.74, 6) is 1.23. The minimum absolute atomic E-state index is 0.411. The van der Waals surface area contributed by atoms with Crippen LogP contribution in [0.1, 0.15) is 16.7 Å². The SMILES string of the molecule is Cc1ccc(OCc2ccncc2Cl)c(CCl)c1. The number of aryl methyl sites for hydroxylation is 1. The molecular formula is C14H13Cl2NO. The van der Waals surface area contributed by atoms with Crippen molar-refractivity contribution in [3.8, 4) is 5.75 Å². The van der Waals surface area contributed by atoms with Crippen molar-refractivity contribution in [2.24, 2.45) is 0 Å². The third-order valence-electron chi connectivity index (χ3n) is 2.60. The van der Waals surface area contributed by atoms with Gasteiger partial charge in [-0.25, -0.2) is 0 Å². The highest BCUT2D eigenvalue weighted by Crippen LogP contribution is 2.24. The van der Waals surface area contributed by atoms with E-state index in [9.17, 15) is 0 Å². The average molecular weight is 282 g/mol. The second-order valence-corrected chi connectivity index (χ2v) is 4.68. The number of nitrogens with zero attached hydrogens (tertiary/aromatic N) is 1. The van der Waals surface area contributed by atoms with Crippen molar-refractivity contribution in [3.05, 3.63) is 58.4 Å². The molecular weight excluding hydrogens is 269 g/mol. The number of benzene rings is 1. The molecule has 0 aliphatic heterocycles. The second-order valence-electron chi connectivity index (χ2n) is 4.00. The summed E-state index contributed by atoms with van der Waals surface area (Å²) in [5, 5.41) is 0.608. The second kappa shape index (κ2) is 6.07. The molecule has 2 aromatic rings. The van der Waals surface area contributed by atoms with Crippen LogP contribution in [0.5, 0.6) is 5.75 Å². The van der Waals surface area contributed by atoms with Crippen molar-refractivity contribution >= 4 is 23.2 Å². The smallest absolute Gasteiger partial charge is 0.124 e. The highest BCUT2D eigenvalue weighted by Gasteiger charge is 2.05. The molecule has 4 heteroatoms. The minimum Gasteiger partial charge on any atom is -0.489 e. The first-order valence-electron chi connectivity index (χ1n) is 5.57. The Morgan fingerprint density at radius 3 is 2.78 bits per heavy atom. The molecule has 1 aromatic heterocycles. The van der Waals surface area contributed by atoms with Crippen molar-refractivity contribution in [3.63, 3.8) is 0 Å². The summed E-state index contributed by atoms with van der Waals surface area (Å²) >= 11 is 11.9. The molecule has 0 atom stereocenters. The zero-order chi connectivity index (χ0) is 13.0. The van der Waals surface area contributed by atoms with Gasteiger partial charge < -0.3 is 4.74 Å². The van der Waals surface area contributed by atoms with Crippen LogP contribution in [0.2, 0.25) is 5.02 Å². The predicted octanol–water partition coefficient (Wildman–Crippen LogP) is 4.36. The molecule has 1 heterocycles. The van der Waals surface area contributed by atoms with Crippen molar-refractivity contribution in [2.75, 3.05) is 0 Å². The van der Waals surface area contributed by atoms with Crippen LogP contribution in [0, 0.1) is 6.92 Å². The molecule has 1 aromatic carbocycles. The Balaban J connectivity index is 2.13. The predicted molar refractivity (Wildman–Crippen MR) is 74.3 cm³/mol. The van der Waals surface area contributed by atoms with Gasteiger partial charge in [0.15, 0.2) is 0 Å². The lowest BCUT2D eigenvalue weighted by Gasteiger charge is -2.11. The van der Waals surface area contributed by atoms with E-state index in [0.29, 0.717) is 17.5 Å². The summed E-state index contributed by atoms with van der Waals surface area (Å²) in [6.07, 6.45) is 3.31. The molecule has 0 amide bonds. The first kappa shape index (κ1) is 13.2. The summed E-state index contributed by atoms with van der Waals surface area (Å²) < 4.78 is 5.75. The number of hydrogen-bond donors (Lipinski definition) is 0. The third kappa shape index (κ3) is 3.15. The Bertz CT molecular complexity index is 543. The first-order chi connectivity index (χ1) is 8.70. The molecule has 0 N–H and O–H groups in total. The summed E-state index contributed by atoms with van der Waals surface area (Å²) in [6, 6.07) is 7.80. The maximum Gasteiger partial charge on any atom is 0.124 e. The molecule has 0 unspecified atom stereocenters. The lowest BCUT2D eigenvalue weighted by Crippen LogP contribution is -1.99. The molecule has 18 heavy (non-hydrogen) atoms. The Labute approximate surface area is 117 Å². The van der Waals surface area contributed by atoms with Gasteiger partial charge in [-0.2, -0.15) is 0 Å². The molecule has 2 rings (SSSR count). The Kier molecular flexibility index (Phi) is 4.45. The minimum atomic E-state index is 0.411. The zero-order valence-corrected chi connectivity index (χ0v) is 11.5. The van der Waals surface area contributed by atoms with Crippen molar-refractivity contribution < 1.29 is 4.74 Å². The number of pyridine rings is 1. The largest absolute Gasteiger partial charge is 0.489 e. The average Bonchev–Trinajstić information content (AvgIpc) is 2.39. The van der Waals surface area contributed by atoms with Crippen LogP contribution in [0.4, 0.5) is 0 Å². The normalized spacial score (nSPS) is 10.4. The van der Waals surface area contributed by atoms with Crippen LogP contribution in [0.25, 0.3) is 0 Å². The van der Waals surface area contributed by atoms with Crippen LogP contribution >= 0.6 is 23.2 Å². The third-order valence-corrected chi connectivity index (χ3v) is 3.23. The summed E-state index contributed by atoms with van der Waals surface area (Å²) in [7, 11) is 0.